The number of urea groups is 1. The number of fused-ring (bicyclic) bond motifs is 1. The molecule has 14 heteroatoms. The van der Waals surface area contributed by atoms with Crippen LogP contribution in [0.4, 0.5) is 20.6 Å². The van der Waals surface area contributed by atoms with Crippen molar-refractivity contribution in [1.82, 2.24) is 14.3 Å². The molecule has 4 rings (SSSR count). The van der Waals surface area contributed by atoms with Crippen LogP contribution in [-0.2, 0) is 10.0 Å². The summed E-state index contributed by atoms with van der Waals surface area (Å²) >= 11 is 12.7. The lowest BCUT2D eigenvalue weighted by Gasteiger charge is -2.14. The van der Waals surface area contributed by atoms with E-state index in [1.54, 1.807) is 20.0 Å². The molecule has 0 bridgehead atoms. The summed E-state index contributed by atoms with van der Waals surface area (Å²) in [5.41, 5.74) is 0.301. The van der Waals surface area contributed by atoms with Gasteiger partial charge in [-0.3, -0.25) is 9.36 Å². The first-order chi connectivity index (χ1) is 16.5. The zero-order valence-corrected chi connectivity index (χ0v) is 21.2. The van der Waals surface area contributed by atoms with E-state index in [1.165, 1.54) is 30.3 Å². The number of amides is 2. The predicted molar refractivity (Wildman–Crippen MR) is 135 cm³/mol. The van der Waals surface area contributed by atoms with Crippen LogP contribution in [0.2, 0.25) is 9.36 Å². The Kier molecular flexibility index (Phi) is 6.73. The van der Waals surface area contributed by atoms with E-state index >= 15 is 4.39 Å². The third-order valence-corrected chi connectivity index (χ3v) is 8.25. The zero-order valence-electron chi connectivity index (χ0n) is 18.0. The van der Waals surface area contributed by atoms with Crippen LogP contribution in [0.1, 0.15) is 5.82 Å². The van der Waals surface area contributed by atoms with Crippen LogP contribution < -0.4 is 20.9 Å². The van der Waals surface area contributed by atoms with Gasteiger partial charge in [0.25, 0.3) is 15.6 Å². The van der Waals surface area contributed by atoms with E-state index in [-0.39, 0.29) is 31.1 Å². The van der Waals surface area contributed by atoms with E-state index in [1.807, 2.05) is 4.72 Å². The Bertz CT molecular complexity index is 1650. The van der Waals surface area contributed by atoms with Crippen molar-refractivity contribution >= 4 is 72.9 Å². The minimum atomic E-state index is -4.15. The molecule has 0 aliphatic heterocycles. The monoisotopic (exact) mass is 555 g/mol. The molecule has 2 heterocycles. The van der Waals surface area contributed by atoms with E-state index < -0.39 is 27.4 Å². The molecule has 2 aromatic heterocycles. The molecule has 4 aromatic rings. The van der Waals surface area contributed by atoms with Crippen molar-refractivity contribution < 1.29 is 17.6 Å². The highest BCUT2D eigenvalue weighted by atomic mass is 35.5. The number of hydrogen-bond donors (Lipinski definition) is 3. The summed E-state index contributed by atoms with van der Waals surface area (Å²) in [5, 5.41) is 5.65. The molecule has 0 spiro atoms. The molecule has 35 heavy (non-hydrogen) atoms. The van der Waals surface area contributed by atoms with Crippen molar-refractivity contribution in [2.24, 2.45) is 0 Å². The third kappa shape index (κ3) is 4.96. The minimum Gasteiger partial charge on any atom is -0.387 e. The quantitative estimate of drug-likeness (QED) is 0.326. The number of hydrogen-bond acceptors (Lipinski definition) is 7. The second kappa shape index (κ2) is 9.46. The topological polar surface area (TPSA) is 122 Å². The molecule has 0 aliphatic rings. The molecule has 2 amide bonds. The molecule has 182 valence electrons. The SMILES string of the molecule is CNc1cc2nc(C)n(-c3ccc(NC(=O)NS(=O)(=O)c4ccc(Cl)s4)cc3F)c(=O)c2cc1Cl. The maximum Gasteiger partial charge on any atom is 0.333 e. The van der Waals surface area contributed by atoms with Gasteiger partial charge in [0, 0.05) is 12.7 Å². The standard InChI is InChI=1S/C21H16Cl2FN5O4S2/c1-10-26-15-9-16(25-2)13(22)8-12(15)20(30)29(10)17-4-3-11(7-14(17)24)27-21(31)28-35(32,33)19-6-5-18(23)34-19/h3-9,25H,1-2H3,(H2,27,28,31). The molecule has 0 atom stereocenters. The van der Waals surface area contributed by atoms with Gasteiger partial charge in [0.1, 0.15) is 15.9 Å². The maximum absolute atomic E-state index is 15.0. The Balaban J connectivity index is 1.63. The number of rotatable bonds is 5. The van der Waals surface area contributed by atoms with Crippen molar-refractivity contribution in [1.29, 1.82) is 0 Å². The van der Waals surface area contributed by atoms with E-state index in [2.05, 4.69) is 15.6 Å². The first kappa shape index (κ1) is 24.9. The van der Waals surface area contributed by atoms with Gasteiger partial charge in [0.2, 0.25) is 0 Å². The Hall–Kier alpha value is -3.19. The van der Waals surface area contributed by atoms with Crippen LogP contribution in [0.5, 0.6) is 0 Å². The van der Waals surface area contributed by atoms with Crippen molar-refractivity contribution in [2.75, 3.05) is 17.7 Å². The molecule has 9 nitrogen and oxygen atoms in total. The molecule has 0 unspecified atom stereocenters. The molecule has 0 aliphatic carbocycles. The van der Waals surface area contributed by atoms with Gasteiger partial charge in [-0.1, -0.05) is 23.2 Å². The fourth-order valence-corrected chi connectivity index (χ4v) is 5.98. The van der Waals surface area contributed by atoms with Crippen LogP contribution in [0.15, 0.2) is 51.5 Å². The molecule has 0 saturated heterocycles. The van der Waals surface area contributed by atoms with Gasteiger partial charge in [-0.25, -0.2) is 27.3 Å². The average Bonchev–Trinajstić information content (AvgIpc) is 3.22. The number of aryl methyl sites for hydroxylation is 1. The smallest absolute Gasteiger partial charge is 0.333 e. The zero-order chi connectivity index (χ0) is 25.5. The van der Waals surface area contributed by atoms with Gasteiger partial charge in [-0.05, 0) is 49.4 Å². The number of nitrogens with one attached hydrogen (secondary N) is 3. The fraction of sp³-hybridized carbons (Fsp3) is 0.0952. The van der Waals surface area contributed by atoms with Crippen LogP contribution in [0, 0.1) is 12.7 Å². The van der Waals surface area contributed by atoms with Crippen molar-refractivity contribution in [3.05, 3.63) is 73.8 Å². The van der Waals surface area contributed by atoms with Gasteiger partial charge >= 0.3 is 6.03 Å². The Morgan fingerprint density at radius 3 is 2.51 bits per heavy atom. The largest absolute Gasteiger partial charge is 0.387 e. The summed E-state index contributed by atoms with van der Waals surface area (Å²) in [6.07, 6.45) is 0. The number of sulfonamides is 1. The number of carbonyl (C=O) groups excluding carboxylic acids is 1. The van der Waals surface area contributed by atoms with E-state index in [9.17, 15) is 18.0 Å². The number of thiophene rings is 1. The summed E-state index contributed by atoms with van der Waals surface area (Å²) in [7, 11) is -2.47. The number of anilines is 2. The lowest BCUT2D eigenvalue weighted by molar-refractivity contribution is 0.256. The van der Waals surface area contributed by atoms with Crippen molar-refractivity contribution in [3.63, 3.8) is 0 Å². The molecule has 0 saturated carbocycles. The molecule has 0 fully saturated rings. The second-order valence-corrected chi connectivity index (χ2v) is 11.2. The molecule has 3 N–H and O–H groups in total. The van der Waals surface area contributed by atoms with Crippen LogP contribution in [0.3, 0.4) is 0 Å². The number of benzene rings is 2. The number of carbonyl (C=O) groups is 1. The number of nitrogens with zero attached hydrogens (tertiary/aromatic N) is 2. The van der Waals surface area contributed by atoms with E-state index in [0.29, 0.717) is 16.2 Å². The fourth-order valence-electron chi connectivity index (χ4n) is 3.33. The summed E-state index contributed by atoms with van der Waals surface area (Å²) in [6, 6.07) is 8.15. The lowest BCUT2D eigenvalue weighted by atomic mass is 10.2. The summed E-state index contributed by atoms with van der Waals surface area (Å²) < 4.78 is 42.5. The predicted octanol–water partition coefficient (Wildman–Crippen LogP) is 4.75. The summed E-state index contributed by atoms with van der Waals surface area (Å²) in [6.45, 7) is 1.55. The Morgan fingerprint density at radius 1 is 1.14 bits per heavy atom. The Morgan fingerprint density at radius 2 is 1.89 bits per heavy atom. The van der Waals surface area contributed by atoms with Gasteiger partial charge in [0.15, 0.2) is 0 Å². The number of aromatic nitrogens is 2. The third-order valence-electron chi connectivity index (χ3n) is 4.88. The van der Waals surface area contributed by atoms with E-state index in [0.717, 1.165) is 22.0 Å². The number of halogens is 3. The Labute approximate surface area is 212 Å². The van der Waals surface area contributed by atoms with Gasteiger partial charge < -0.3 is 10.6 Å². The van der Waals surface area contributed by atoms with Gasteiger partial charge in [-0.15, -0.1) is 11.3 Å². The summed E-state index contributed by atoms with van der Waals surface area (Å²) in [5.74, 6) is -0.620. The minimum absolute atomic E-state index is 0.0377. The normalized spacial score (nSPS) is 11.5. The maximum atomic E-state index is 15.0. The molecular formula is C21H16Cl2FN5O4S2. The first-order valence-electron chi connectivity index (χ1n) is 9.80. The van der Waals surface area contributed by atoms with Crippen molar-refractivity contribution in [2.45, 2.75) is 11.1 Å². The molecule has 0 radical (unpaired) electrons. The highest BCUT2D eigenvalue weighted by Crippen LogP contribution is 2.27. The second-order valence-electron chi connectivity index (χ2n) is 7.18. The van der Waals surface area contributed by atoms with Crippen LogP contribution in [-0.4, -0.2) is 31.0 Å². The summed E-state index contributed by atoms with van der Waals surface area (Å²) in [4.78, 5) is 29.7. The van der Waals surface area contributed by atoms with Gasteiger partial charge in [-0.2, -0.15) is 0 Å². The molecular weight excluding hydrogens is 540 g/mol. The van der Waals surface area contributed by atoms with Crippen LogP contribution >= 0.6 is 34.5 Å². The first-order valence-corrected chi connectivity index (χ1v) is 12.9. The highest BCUT2D eigenvalue weighted by molar-refractivity contribution is 7.92. The van der Waals surface area contributed by atoms with E-state index in [4.69, 9.17) is 23.2 Å². The highest BCUT2D eigenvalue weighted by Gasteiger charge is 2.21. The van der Waals surface area contributed by atoms with Gasteiger partial charge in [0.05, 0.1) is 31.6 Å². The molecule has 2 aromatic carbocycles. The van der Waals surface area contributed by atoms with Crippen LogP contribution in [0.25, 0.3) is 16.6 Å². The van der Waals surface area contributed by atoms with Crippen molar-refractivity contribution in [3.8, 4) is 5.69 Å². The lowest BCUT2D eigenvalue weighted by Crippen LogP contribution is -2.34. The average molecular weight is 556 g/mol.